The van der Waals surface area contributed by atoms with Gasteiger partial charge in [-0.1, -0.05) is 48.8 Å². The van der Waals surface area contributed by atoms with Gasteiger partial charge in [-0.05, 0) is 12.0 Å². The van der Waals surface area contributed by atoms with E-state index in [4.69, 9.17) is 28.9 Å². The normalized spacial score (nSPS) is 12.6. The first-order valence-electron chi connectivity index (χ1n) is 6.26. The molecule has 0 radical (unpaired) electrons. The number of pyridine rings is 1. The lowest BCUT2D eigenvalue weighted by atomic mass is 10.1. The summed E-state index contributed by atoms with van der Waals surface area (Å²) in [5, 5.41) is 10.7. The third kappa shape index (κ3) is 3.63. The van der Waals surface area contributed by atoms with Crippen molar-refractivity contribution in [2.24, 2.45) is 11.7 Å². The predicted molar refractivity (Wildman–Crippen MR) is 85.2 cm³/mol. The minimum Gasteiger partial charge on any atom is -0.351 e. The van der Waals surface area contributed by atoms with Crippen molar-refractivity contribution in [3.63, 3.8) is 0 Å². The molecule has 3 N–H and O–H groups in total. The molecule has 118 valence electrons. The Morgan fingerprint density at radius 1 is 1.36 bits per heavy atom. The third-order valence-corrected chi connectivity index (χ3v) is 4.72. The van der Waals surface area contributed by atoms with Gasteiger partial charge in [0.05, 0.1) is 15.3 Å². The van der Waals surface area contributed by atoms with Crippen LogP contribution in [0.15, 0.2) is 17.4 Å². The van der Waals surface area contributed by atoms with E-state index < -0.39 is 17.2 Å². The van der Waals surface area contributed by atoms with Gasteiger partial charge in [-0.15, -0.1) is 10.2 Å². The summed E-state index contributed by atoms with van der Waals surface area (Å²) in [6, 6.07) is 0.662. The Kier molecular flexibility index (Phi) is 5.15. The topological polar surface area (TPSA) is 102 Å². The Balaban J connectivity index is 2.35. The van der Waals surface area contributed by atoms with Gasteiger partial charge in [-0.25, -0.2) is 4.79 Å². The van der Waals surface area contributed by atoms with Crippen LogP contribution in [-0.4, -0.2) is 31.8 Å². The molecule has 2 aromatic heterocycles. The van der Waals surface area contributed by atoms with E-state index in [1.807, 2.05) is 13.8 Å². The molecule has 0 saturated heterocycles. The SMILES string of the molecule is CC(C)[C@H](Sc1nnc2c(Cl)cc(Cl)cn12)C(=O)NC(N)=O. The number of primary amides is 1. The van der Waals surface area contributed by atoms with Gasteiger partial charge in [-0.3, -0.25) is 14.5 Å². The number of rotatable bonds is 4. The number of halogens is 2. The molecule has 10 heteroatoms. The van der Waals surface area contributed by atoms with E-state index in [0.29, 0.717) is 20.8 Å². The number of nitrogens with two attached hydrogens (primary N) is 1. The number of aromatic nitrogens is 3. The fourth-order valence-electron chi connectivity index (χ4n) is 1.78. The quantitative estimate of drug-likeness (QED) is 0.813. The lowest BCUT2D eigenvalue weighted by Crippen LogP contribution is -2.42. The van der Waals surface area contributed by atoms with Crippen LogP contribution in [0.1, 0.15) is 13.8 Å². The van der Waals surface area contributed by atoms with Gasteiger partial charge >= 0.3 is 6.03 Å². The zero-order chi connectivity index (χ0) is 16.4. The molecule has 0 aliphatic carbocycles. The molecule has 0 spiro atoms. The van der Waals surface area contributed by atoms with E-state index in [1.54, 1.807) is 16.7 Å². The van der Waals surface area contributed by atoms with E-state index in [9.17, 15) is 9.59 Å². The van der Waals surface area contributed by atoms with Crippen LogP contribution in [0.25, 0.3) is 5.65 Å². The van der Waals surface area contributed by atoms with Crippen molar-refractivity contribution in [2.45, 2.75) is 24.3 Å². The van der Waals surface area contributed by atoms with Crippen molar-refractivity contribution >= 4 is 52.5 Å². The number of nitrogens with one attached hydrogen (secondary N) is 1. The molecule has 0 bridgehead atoms. The zero-order valence-corrected chi connectivity index (χ0v) is 14.0. The fraction of sp³-hybridized carbons (Fsp3) is 0.333. The highest BCUT2D eigenvalue weighted by molar-refractivity contribution is 8.00. The van der Waals surface area contributed by atoms with Gasteiger partial charge in [0.25, 0.3) is 0 Å². The summed E-state index contributed by atoms with van der Waals surface area (Å²) in [7, 11) is 0. The van der Waals surface area contributed by atoms with E-state index in [0.717, 1.165) is 11.8 Å². The number of hydrogen-bond donors (Lipinski definition) is 2. The molecule has 22 heavy (non-hydrogen) atoms. The molecular formula is C12H13Cl2N5O2S. The Bertz CT molecular complexity index is 734. The third-order valence-electron chi connectivity index (χ3n) is 2.74. The molecule has 0 saturated carbocycles. The number of carbonyl (C=O) groups excluding carboxylic acids is 2. The van der Waals surface area contributed by atoms with E-state index in [2.05, 4.69) is 15.5 Å². The maximum atomic E-state index is 12.0. The number of hydrogen-bond acceptors (Lipinski definition) is 5. The van der Waals surface area contributed by atoms with Crippen molar-refractivity contribution in [1.82, 2.24) is 19.9 Å². The summed E-state index contributed by atoms with van der Waals surface area (Å²) in [5.41, 5.74) is 5.42. The van der Waals surface area contributed by atoms with Gasteiger partial charge in [0, 0.05) is 6.20 Å². The largest absolute Gasteiger partial charge is 0.351 e. The fourth-order valence-corrected chi connectivity index (χ4v) is 3.30. The zero-order valence-electron chi connectivity index (χ0n) is 11.7. The predicted octanol–water partition coefficient (Wildman–Crippen LogP) is 2.35. The molecule has 2 rings (SSSR count). The summed E-state index contributed by atoms with van der Waals surface area (Å²) in [6.07, 6.45) is 1.61. The maximum absolute atomic E-state index is 12.0. The minimum absolute atomic E-state index is 0.0636. The van der Waals surface area contributed by atoms with Gasteiger partial charge in [0.15, 0.2) is 10.8 Å². The highest BCUT2D eigenvalue weighted by Gasteiger charge is 2.27. The molecule has 1 atom stereocenters. The Hall–Kier alpha value is -1.51. The number of carbonyl (C=O) groups is 2. The number of thioether (sulfide) groups is 1. The molecule has 7 nitrogen and oxygen atoms in total. The standard InChI is InChI=1S/C12H13Cl2N5O2S/c1-5(2)8(10(20)16-11(15)21)22-12-18-17-9-7(14)3-6(13)4-19(9)12/h3-5,8H,1-2H3,(H3,15,16,20,21)/t8-/m0/s1. The first kappa shape index (κ1) is 16.9. The van der Waals surface area contributed by atoms with Crippen LogP contribution in [0.2, 0.25) is 10.0 Å². The lowest BCUT2D eigenvalue weighted by Gasteiger charge is -2.17. The Labute approximate surface area is 140 Å². The second-order valence-electron chi connectivity index (χ2n) is 4.82. The van der Waals surface area contributed by atoms with Crippen LogP contribution < -0.4 is 11.1 Å². The number of urea groups is 1. The van der Waals surface area contributed by atoms with Crippen LogP contribution in [0, 0.1) is 5.92 Å². The molecule has 0 aliphatic heterocycles. The van der Waals surface area contributed by atoms with Gasteiger partial charge in [0.1, 0.15) is 0 Å². The van der Waals surface area contributed by atoms with Crippen LogP contribution in [0.3, 0.4) is 0 Å². The molecule has 3 amide bonds. The summed E-state index contributed by atoms with van der Waals surface area (Å²) >= 11 is 13.2. The van der Waals surface area contributed by atoms with E-state index in [1.165, 1.54) is 0 Å². The second-order valence-corrected chi connectivity index (χ2v) is 6.77. The monoisotopic (exact) mass is 361 g/mol. The molecular weight excluding hydrogens is 349 g/mol. The second kappa shape index (κ2) is 6.72. The summed E-state index contributed by atoms with van der Waals surface area (Å²) in [6.45, 7) is 3.70. The molecule has 0 aliphatic rings. The van der Waals surface area contributed by atoms with E-state index in [-0.39, 0.29) is 5.92 Å². The molecule has 0 aromatic carbocycles. The summed E-state index contributed by atoms with van der Waals surface area (Å²) in [4.78, 5) is 22.9. The summed E-state index contributed by atoms with van der Waals surface area (Å²) < 4.78 is 1.60. The van der Waals surface area contributed by atoms with Crippen LogP contribution in [-0.2, 0) is 4.79 Å². The van der Waals surface area contributed by atoms with Gasteiger partial charge < -0.3 is 5.73 Å². The maximum Gasteiger partial charge on any atom is 0.318 e. The van der Waals surface area contributed by atoms with Crippen molar-refractivity contribution in [2.75, 3.05) is 0 Å². The first-order chi connectivity index (χ1) is 10.3. The number of fused-ring (bicyclic) bond motifs is 1. The van der Waals surface area contributed by atoms with Crippen LogP contribution in [0.5, 0.6) is 0 Å². The highest BCUT2D eigenvalue weighted by atomic mass is 35.5. The van der Waals surface area contributed by atoms with Crippen LogP contribution >= 0.6 is 35.0 Å². The average Bonchev–Trinajstić information content (AvgIpc) is 2.77. The highest BCUT2D eigenvalue weighted by Crippen LogP contribution is 2.30. The molecule has 0 fully saturated rings. The van der Waals surface area contributed by atoms with E-state index >= 15 is 0 Å². The van der Waals surface area contributed by atoms with Crippen molar-refractivity contribution in [1.29, 1.82) is 0 Å². The molecule has 2 heterocycles. The van der Waals surface area contributed by atoms with Crippen molar-refractivity contribution in [3.05, 3.63) is 22.3 Å². The minimum atomic E-state index is -0.895. The van der Waals surface area contributed by atoms with Crippen molar-refractivity contribution < 1.29 is 9.59 Å². The Morgan fingerprint density at radius 2 is 2.05 bits per heavy atom. The van der Waals surface area contributed by atoms with Gasteiger partial charge in [-0.2, -0.15) is 0 Å². The number of nitrogens with zero attached hydrogens (tertiary/aromatic N) is 3. The summed E-state index contributed by atoms with van der Waals surface area (Å²) in [5.74, 6) is -0.552. The average molecular weight is 362 g/mol. The number of imide groups is 1. The smallest absolute Gasteiger partial charge is 0.318 e. The van der Waals surface area contributed by atoms with Crippen molar-refractivity contribution in [3.8, 4) is 0 Å². The molecule has 2 aromatic rings. The Morgan fingerprint density at radius 3 is 2.64 bits per heavy atom. The van der Waals surface area contributed by atoms with Crippen LogP contribution in [0.4, 0.5) is 4.79 Å². The number of amides is 3. The van der Waals surface area contributed by atoms with Gasteiger partial charge in [0.2, 0.25) is 5.91 Å². The molecule has 0 unspecified atom stereocenters. The lowest BCUT2D eigenvalue weighted by molar-refractivity contribution is -0.120. The first-order valence-corrected chi connectivity index (χ1v) is 7.90.